The van der Waals surface area contributed by atoms with E-state index in [-0.39, 0.29) is 5.91 Å². The molecule has 0 saturated heterocycles. The van der Waals surface area contributed by atoms with Crippen LogP contribution in [0, 0.1) is 0 Å². The van der Waals surface area contributed by atoms with Crippen molar-refractivity contribution in [3.05, 3.63) is 35.7 Å². The number of hydrogen-bond donors (Lipinski definition) is 2. The number of hydrogen-bond acceptors (Lipinski definition) is 3. The molecule has 0 atom stereocenters. The lowest BCUT2D eigenvalue weighted by Crippen LogP contribution is -2.25. The van der Waals surface area contributed by atoms with Crippen LogP contribution < -0.4 is 5.32 Å². The fourth-order valence-electron chi connectivity index (χ4n) is 1.56. The van der Waals surface area contributed by atoms with Gasteiger partial charge in [0.25, 0.3) is 5.91 Å². The van der Waals surface area contributed by atoms with Gasteiger partial charge in [0.15, 0.2) is 0 Å². The van der Waals surface area contributed by atoms with E-state index in [9.17, 15) is 4.79 Å². The molecule has 6 nitrogen and oxygen atoms in total. The SMILES string of the molecule is CCc1cc(C(=O)NCc2ncc[nH]2)n(C)n1. The Morgan fingerprint density at radius 2 is 2.41 bits per heavy atom. The van der Waals surface area contributed by atoms with Gasteiger partial charge in [-0.1, -0.05) is 6.92 Å². The van der Waals surface area contributed by atoms with Crippen LogP contribution in [0.1, 0.15) is 28.9 Å². The zero-order valence-electron chi connectivity index (χ0n) is 9.90. The minimum absolute atomic E-state index is 0.142. The van der Waals surface area contributed by atoms with Gasteiger partial charge in [0.05, 0.1) is 12.2 Å². The van der Waals surface area contributed by atoms with Crippen molar-refractivity contribution in [1.82, 2.24) is 25.1 Å². The maximum atomic E-state index is 11.9. The predicted molar refractivity (Wildman–Crippen MR) is 62.3 cm³/mol. The van der Waals surface area contributed by atoms with Gasteiger partial charge in [0.1, 0.15) is 11.5 Å². The molecular weight excluding hydrogens is 218 g/mol. The molecule has 2 N–H and O–H groups in total. The molecule has 6 heteroatoms. The summed E-state index contributed by atoms with van der Waals surface area (Å²) in [5.74, 6) is 0.590. The number of imidazole rings is 1. The van der Waals surface area contributed by atoms with E-state index in [4.69, 9.17) is 0 Å². The Kier molecular flexibility index (Phi) is 3.22. The Morgan fingerprint density at radius 3 is 3.00 bits per heavy atom. The average molecular weight is 233 g/mol. The Hall–Kier alpha value is -2.11. The number of nitrogens with one attached hydrogen (secondary N) is 2. The van der Waals surface area contributed by atoms with E-state index in [1.165, 1.54) is 0 Å². The van der Waals surface area contributed by atoms with E-state index in [0.717, 1.165) is 17.9 Å². The number of carbonyl (C=O) groups is 1. The molecule has 0 aliphatic carbocycles. The topological polar surface area (TPSA) is 75.6 Å². The third kappa shape index (κ3) is 2.52. The fourth-order valence-corrected chi connectivity index (χ4v) is 1.56. The number of rotatable bonds is 4. The minimum Gasteiger partial charge on any atom is -0.347 e. The van der Waals surface area contributed by atoms with E-state index in [1.54, 1.807) is 30.2 Å². The number of amides is 1. The van der Waals surface area contributed by atoms with Crippen molar-refractivity contribution < 1.29 is 4.79 Å². The van der Waals surface area contributed by atoms with Gasteiger partial charge in [0.2, 0.25) is 0 Å². The lowest BCUT2D eigenvalue weighted by molar-refractivity contribution is 0.0940. The van der Waals surface area contributed by atoms with Crippen LogP contribution in [0.4, 0.5) is 0 Å². The van der Waals surface area contributed by atoms with Crippen LogP contribution in [-0.2, 0) is 20.0 Å². The molecule has 0 fully saturated rings. The van der Waals surface area contributed by atoms with Crippen LogP contribution in [0.15, 0.2) is 18.5 Å². The molecule has 90 valence electrons. The summed E-state index contributed by atoms with van der Waals surface area (Å²) >= 11 is 0. The molecule has 2 aromatic rings. The monoisotopic (exact) mass is 233 g/mol. The second-order valence-corrected chi connectivity index (χ2v) is 3.72. The van der Waals surface area contributed by atoms with Gasteiger partial charge in [-0.25, -0.2) is 4.98 Å². The normalized spacial score (nSPS) is 10.5. The molecule has 2 rings (SSSR count). The second kappa shape index (κ2) is 4.82. The van der Waals surface area contributed by atoms with Gasteiger partial charge < -0.3 is 10.3 Å². The number of H-pyrrole nitrogens is 1. The summed E-state index contributed by atoms with van der Waals surface area (Å²) in [6, 6.07) is 1.80. The Labute approximate surface area is 99.1 Å². The zero-order valence-corrected chi connectivity index (χ0v) is 9.90. The summed E-state index contributed by atoms with van der Waals surface area (Å²) in [6.45, 7) is 2.39. The number of carbonyl (C=O) groups excluding carboxylic acids is 1. The molecule has 0 saturated carbocycles. The van der Waals surface area contributed by atoms with E-state index < -0.39 is 0 Å². The standard InChI is InChI=1S/C11H15N5O/c1-3-8-6-9(16(2)15-8)11(17)14-7-10-12-4-5-13-10/h4-6H,3,7H2,1-2H3,(H,12,13)(H,14,17). The Morgan fingerprint density at radius 1 is 1.59 bits per heavy atom. The number of nitrogens with zero attached hydrogens (tertiary/aromatic N) is 3. The van der Waals surface area contributed by atoms with Crippen LogP contribution >= 0.6 is 0 Å². The van der Waals surface area contributed by atoms with Crippen molar-refractivity contribution in [3.63, 3.8) is 0 Å². The molecular formula is C11H15N5O. The average Bonchev–Trinajstić information content (AvgIpc) is 2.94. The number of aryl methyl sites for hydroxylation is 2. The first kappa shape index (κ1) is 11.4. The summed E-state index contributed by atoms with van der Waals surface area (Å²) in [5.41, 5.74) is 1.48. The van der Waals surface area contributed by atoms with Crippen molar-refractivity contribution in [1.29, 1.82) is 0 Å². The highest BCUT2D eigenvalue weighted by Crippen LogP contribution is 2.03. The highest BCUT2D eigenvalue weighted by atomic mass is 16.2. The van der Waals surface area contributed by atoms with Crippen molar-refractivity contribution in [2.45, 2.75) is 19.9 Å². The smallest absolute Gasteiger partial charge is 0.269 e. The second-order valence-electron chi connectivity index (χ2n) is 3.72. The summed E-state index contributed by atoms with van der Waals surface area (Å²) < 4.78 is 1.59. The molecule has 2 heterocycles. The largest absolute Gasteiger partial charge is 0.347 e. The summed E-state index contributed by atoms with van der Waals surface area (Å²) in [6.07, 6.45) is 4.20. The third-order valence-electron chi connectivity index (χ3n) is 2.50. The molecule has 1 amide bonds. The van der Waals surface area contributed by atoms with E-state index >= 15 is 0 Å². The van der Waals surface area contributed by atoms with E-state index in [0.29, 0.717) is 12.2 Å². The van der Waals surface area contributed by atoms with Crippen molar-refractivity contribution in [3.8, 4) is 0 Å². The molecule has 0 unspecified atom stereocenters. The summed E-state index contributed by atoms with van der Waals surface area (Å²) in [7, 11) is 1.76. The minimum atomic E-state index is -0.142. The molecule has 0 aliphatic rings. The van der Waals surface area contributed by atoms with Crippen LogP contribution in [-0.4, -0.2) is 25.7 Å². The lowest BCUT2D eigenvalue weighted by atomic mass is 10.3. The van der Waals surface area contributed by atoms with Gasteiger partial charge >= 0.3 is 0 Å². The van der Waals surface area contributed by atoms with Gasteiger partial charge in [-0.05, 0) is 12.5 Å². The molecule has 0 bridgehead atoms. The summed E-state index contributed by atoms with van der Waals surface area (Å²) in [4.78, 5) is 18.8. The highest BCUT2D eigenvalue weighted by Gasteiger charge is 2.12. The highest BCUT2D eigenvalue weighted by molar-refractivity contribution is 5.92. The number of aromatic nitrogens is 4. The van der Waals surface area contributed by atoms with E-state index in [2.05, 4.69) is 20.4 Å². The van der Waals surface area contributed by atoms with Gasteiger partial charge in [-0.3, -0.25) is 9.48 Å². The quantitative estimate of drug-likeness (QED) is 0.813. The number of aromatic amines is 1. The van der Waals surface area contributed by atoms with E-state index in [1.807, 2.05) is 6.92 Å². The lowest BCUT2D eigenvalue weighted by Gasteiger charge is -2.02. The van der Waals surface area contributed by atoms with Gasteiger partial charge in [-0.2, -0.15) is 5.10 Å². The molecule has 0 aromatic carbocycles. The van der Waals surface area contributed by atoms with Crippen LogP contribution in [0.25, 0.3) is 0 Å². The van der Waals surface area contributed by atoms with Crippen molar-refractivity contribution in [2.75, 3.05) is 0 Å². The maximum absolute atomic E-state index is 11.9. The molecule has 0 radical (unpaired) electrons. The third-order valence-corrected chi connectivity index (χ3v) is 2.50. The Bertz CT molecular complexity index is 500. The van der Waals surface area contributed by atoms with Crippen LogP contribution in [0.2, 0.25) is 0 Å². The summed E-state index contributed by atoms with van der Waals surface area (Å²) in [5, 5.41) is 7.01. The fraction of sp³-hybridized carbons (Fsp3) is 0.364. The van der Waals surface area contributed by atoms with Gasteiger partial charge in [-0.15, -0.1) is 0 Å². The van der Waals surface area contributed by atoms with Crippen LogP contribution in [0.5, 0.6) is 0 Å². The van der Waals surface area contributed by atoms with Crippen molar-refractivity contribution >= 4 is 5.91 Å². The first-order valence-electron chi connectivity index (χ1n) is 5.50. The van der Waals surface area contributed by atoms with Crippen LogP contribution in [0.3, 0.4) is 0 Å². The molecule has 2 aromatic heterocycles. The first-order chi connectivity index (χ1) is 8.20. The maximum Gasteiger partial charge on any atom is 0.269 e. The molecule has 17 heavy (non-hydrogen) atoms. The zero-order chi connectivity index (χ0) is 12.3. The van der Waals surface area contributed by atoms with Gasteiger partial charge in [0, 0.05) is 19.4 Å². The molecule has 0 aliphatic heterocycles. The Balaban J connectivity index is 2.01. The van der Waals surface area contributed by atoms with Crippen molar-refractivity contribution in [2.24, 2.45) is 7.05 Å². The molecule has 0 spiro atoms. The predicted octanol–water partition coefficient (Wildman–Crippen LogP) is 0.636. The first-order valence-corrected chi connectivity index (χ1v) is 5.50.